The summed E-state index contributed by atoms with van der Waals surface area (Å²) in [5.41, 5.74) is 2.10. The first-order valence-corrected chi connectivity index (χ1v) is 8.64. The molecular weight excluding hydrogens is 333 g/mol. The van der Waals surface area contributed by atoms with Gasteiger partial charge in [-0.25, -0.2) is 9.18 Å². The molecule has 0 unspecified atom stereocenters. The van der Waals surface area contributed by atoms with Crippen LogP contribution >= 0.6 is 0 Å². The minimum absolute atomic E-state index is 0.0236. The number of nitrogens with one attached hydrogen (secondary N) is 2. The molecule has 26 heavy (non-hydrogen) atoms. The monoisotopic (exact) mass is 355 g/mol. The molecule has 0 radical (unpaired) electrons. The van der Waals surface area contributed by atoms with Crippen LogP contribution in [0.15, 0.2) is 48.5 Å². The molecule has 1 aliphatic carbocycles. The number of amides is 3. The number of anilines is 2. The maximum atomic E-state index is 13.1. The van der Waals surface area contributed by atoms with E-state index >= 15 is 0 Å². The smallest absolute Gasteiger partial charge is 0.322 e. The fraction of sp³-hybridized carbons (Fsp3) is 0.300. The Kier molecular flexibility index (Phi) is 5.21. The summed E-state index contributed by atoms with van der Waals surface area (Å²) in [4.78, 5) is 25.9. The molecule has 136 valence electrons. The third-order valence-electron chi connectivity index (χ3n) is 4.58. The van der Waals surface area contributed by atoms with Crippen LogP contribution in [0.1, 0.15) is 31.4 Å². The predicted octanol–water partition coefficient (Wildman–Crippen LogP) is 4.40. The predicted molar refractivity (Wildman–Crippen MR) is 99.4 cm³/mol. The van der Waals surface area contributed by atoms with Gasteiger partial charge in [0.25, 0.3) is 0 Å². The van der Waals surface area contributed by atoms with Gasteiger partial charge in [-0.1, -0.05) is 18.2 Å². The van der Waals surface area contributed by atoms with E-state index in [4.69, 9.17) is 0 Å². The molecule has 0 heterocycles. The van der Waals surface area contributed by atoms with Crippen LogP contribution in [0.4, 0.5) is 20.6 Å². The lowest BCUT2D eigenvalue weighted by Gasteiger charge is -2.25. The largest absolute Gasteiger partial charge is 0.326 e. The first-order chi connectivity index (χ1) is 12.4. The number of hydrogen-bond donors (Lipinski definition) is 2. The van der Waals surface area contributed by atoms with Crippen molar-refractivity contribution in [1.29, 1.82) is 0 Å². The fourth-order valence-corrected chi connectivity index (χ4v) is 2.62. The number of carbonyl (C=O) groups is 2. The van der Waals surface area contributed by atoms with E-state index in [1.807, 2.05) is 6.92 Å². The minimum Gasteiger partial charge on any atom is -0.326 e. The van der Waals surface area contributed by atoms with Gasteiger partial charge in [-0.3, -0.25) is 4.79 Å². The van der Waals surface area contributed by atoms with Crippen LogP contribution in [0.25, 0.3) is 0 Å². The molecule has 2 N–H and O–H groups in total. The molecule has 0 bridgehead atoms. The minimum atomic E-state index is -0.307. The summed E-state index contributed by atoms with van der Waals surface area (Å²) in [6.45, 7) is 1.87. The highest BCUT2D eigenvalue weighted by Gasteiger charge is 2.29. The molecule has 2 aromatic carbocycles. The maximum absolute atomic E-state index is 13.1. The van der Waals surface area contributed by atoms with Crippen LogP contribution in [0.3, 0.4) is 0 Å². The molecule has 2 aromatic rings. The van der Waals surface area contributed by atoms with Gasteiger partial charge in [0.2, 0.25) is 5.91 Å². The van der Waals surface area contributed by atoms with E-state index in [-0.39, 0.29) is 29.7 Å². The van der Waals surface area contributed by atoms with Crippen molar-refractivity contribution < 1.29 is 14.0 Å². The van der Waals surface area contributed by atoms with Crippen LogP contribution in [-0.2, 0) is 4.79 Å². The van der Waals surface area contributed by atoms with Crippen molar-refractivity contribution in [2.45, 2.75) is 25.8 Å². The second-order valence-corrected chi connectivity index (χ2v) is 6.61. The summed E-state index contributed by atoms with van der Waals surface area (Å²) >= 11 is 0. The Morgan fingerprint density at radius 3 is 2.31 bits per heavy atom. The quantitative estimate of drug-likeness (QED) is 0.835. The molecule has 5 nitrogen and oxygen atoms in total. The Balaban J connectivity index is 1.63. The molecule has 0 aromatic heterocycles. The van der Waals surface area contributed by atoms with E-state index in [2.05, 4.69) is 10.6 Å². The lowest BCUT2D eigenvalue weighted by atomic mass is 10.1. The van der Waals surface area contributed by atoms with Crippen LogP contribution in [0, 0.1) is 11.7 Å². The van der Waals surface area contributed by atoms with E-state index in [9.17, 15) is 14.0 Å². The molecule has 1 saturated carbocycles. The summed E-state index contributed by atoms with van der Waals surface area (Å²) in [5.74, 6) is -0.162. The Bertz CT molecular complexity index is 803. The van der Waals surface area contributed by atoms with Gasteiger partial charge in [0.05, 0.1) is 6.04 Å². The molecule has 0 saturated heterocycles. The topological polar surface area (TPSA) is 61.4 Å². The van der Waals surface area contributed by atoms with Crippen LogP contribution in [0.2, 0.25) is 0 Å². The molecule has 1 fully saturated rings. The Morgan fingerprint density at radius 1 is 1.08 bits per heavy atom. The number of carbonyl (C=O) groups excluding carboxylic acids is 2. The van der Waals surface area contributed by atoms with Gasteiger partial charge >= 0.3 is 6.03 Å². The standard InChI is InChI=1S/C20H22FN3O2/c1-13(14-8-10-16(21)11-9-14)24(2)20(26)23-18-5-3-4-17(12-18)22-19(25)15-6-7-15/h3-5,8-13,15H,6-7H2,1-2H3,(H,22,25)(H,23,26)/t13-/m0/s1. The van der Waals surface area contributed by atoms with Gasteiger partial charge in [-0.15, -0.1) is 0 Å². The highest BCUT2D eigenvalue weighted by atomic mass is 19.1. The number of urea groups is 1. The van der Waals surface area contributed by atoms with Crippen molar-refractivity contribution in [3.05, 3.63) is 59.9 Å². The highest BCUT2D eigenvalue weighted by molar-refractivity contribution is 5.95. The Hall–Kier alpha value is -2.89. The van der Waals surface area contributed by atoms with Crippen molar-refractivity contribution in [1.82, 2.24) is 4.90 Å². The van der Waals surface area contributed by atoms with E-state index in [1.165, 1.54) is 12.1 Å². The fourth-order valence-electron chi connectivity index (χ4n) is 2.62. The van der Waals surface area contributed by atoms with Gasteiger partial charge < -0.3 is 15.5 Å². The summed E-state index contributed by atoms with van der Waals surface area (Å²) in [5, 5.41) is 5.69. The van der Waals surface area contributed by atoms with Crippen molar-refractivity contribution in [3.8, 4) is 0 Å². The summed E-state index contributed by atoms with van der Waals surface area (Å²) in [6.07, 6.45) is 1.88. The number of hydrogen-bond acceptors (Lipinski definition) is 2. The molecule has 6 heteroatoms. The molecule has 1 atom stereocenters. The van der Waals surface area contributed by atoms with Gasteiger partial charge in [0, 0.05) is 24.3 Å². The number of rotatable bonds is 5. The van der Waals surface area contributed by atoms with Crippen molar-refractivity contribution in [3.63, 3.8) is 0 Å². The van der Waals surface area contributed by atoms with E-state index in [0.717, 1.165) is 18.4 Å². The zero-order chi connectivity index (χ0) is 18.7. The molecule has 3 amide bonds. The maximum Gasteiger partial charge on any atom is 0.322 e. The molecular formula is C20H22FN3O2. The first-order valence-electron chi connectivity index (χ1n) is 8.64. The van der Waals surface area contributed by atoms with E-state index in [1.54, 1.807) is 48.3 Å². The summed E-state index contributed by atoms with van der Waals surface area (Å²) in [7, 11) is 1.68. The van der Waals surface area contributed by atoms with Gasteiger partial charge in [-0.05, 0) is 55.7 Å². The summed E-state index contributed by atoms with van der Waals surface area (Å²) < 4.78 is 13.1. The van der Waals surface area contributed by atoms with Gasteiger partial charge in [0.1, 0.15) is 5.82 Å². The molecule has 0 aliphatic heterocycles. The van der Waals surface area contributed by atoms with E-state index < -0.39 is 0 Å². The second kappa shape index (κ2) is 7.56. The van der Waals surface area contributed by atoms with Crippen LogP contribution < -0.4 is 10.6 Å². The zero-order valence-electron chi connectivity index (χ0n) is 14.8. The average Bonchev–Trinajstić information content (AvgIpc) is 3.46. The number of halogens is 1. The van der Waals surface area contributed by atoms with Gasteiger partial charge in [0.15, 0.2) is 0 Å². The Morgan fingerprint density at radius 2 is 1.69 bits per heavy atom. The van der Waals surface area contributed by atoms with Crippen molar-refractivity contribution >= 4 is 23.3 Å². The average molecular weight is 355 g/mol. The molecule has 3 rings (SSSR count). The highest BCUT2D eigenvalue weighted by Crippen LogP contribution is 2.30. The van der Waals surface area contributed by atoms with Crippen molar-refractivity contribution in [2.24, 2.45) is 5.92 Å². The summed E-state index contributed by atoms with van der Waals surface area (Å²) in [6, 6.07) is 12.7. The first kappa shape index (κ1) is 17.9. The second-order valence-electron chi connectivity index (χ2n) is 6.61. The lowest BCUT2D eigenvalue weighted by Crippen LogP contribution is -2.33. The van der Waals surface area contributed by atoms with Crippen LogP contribution in [0.5, 0.6) is 0 Å². The Labute approximate surface area is 152 Å². The molecule has 0 spiro atoms. The zero-order valence-corrected chi connectivity index (χ0v) is 14.8. The van der Waals surface area contributed by atoms with Crippen LogP contribution in [-0.4, -0.2) is 23.9 Å². The van der Waals surface area contributed by atoms with E-state index in [0.29, 0.717) is 11.4 Å². The normalized spacial score (nSPS) is 14.4. The third kappa shape index (κ3) is 4.39. The third-order valence-corrected chi connectivity index (χ3v) is 4.58. The van der Waals surface area contributed by atoms with Gasteiger partial charge in [-0.2, -0.15) is 0 Å². The number of benzene rings is 2. The lowest BCUT2D eigenvalue weighted by molar-refractivity contribution is -0.117. The number of nitrogens with zero attached hydrogens (tertiary/aromatic N) is 1. The molecule has 1 aliphatic rings. The SMILES string of the molecule is C[C@@H](c1ccc(F)cc1)N(C)C(=O)Nc1cccc(NC(=O)C2CC2)c1. The van der Waals surface area contributed by atoms with Crippen molar-refractivity contribution in [2.75, 3.05) is 17.7 Å².